The molecule has 0 amide bonds. The summed E-state index contributed by atoms with van der Waals surface area (Å²) in [5.41, 5.74) is 1.27. The molecule has 1 aromatic rings. The molecular formula is C18H28N2O2. The molecule has 2 fully saturated rings. The first-order valence-corrected chi connectivity index (χ1v) is 8.60. The van der Waals surface area contributed by atoms with Gasteiger partial charge in [0.15, 0.2) is 0 Å². The average Bonchev–Trinajstić information content (AvgIpc) is 2.84. The third-order valence-electron chi connectivity index (χ3n) is 5.16. The second kappa shape index (κ2) is 7.55. The normalized spacial score (nSPS) is 33.2. The van der Waals surface area contributed by atoms with Crippen LogP contribution in [-0.2, 0) is 6.54 Å². The molecule has 0 aromatic heterocycles. The van der Waals surface area contributed by atoms with Crippen LogP contribution in [0, 0.1) is 5.92 Å². The topological polar surface area (TPSA) is 55.7 Å². The maximum atomic E-state index is 10.4. The third kappa shape index (κ3) is 3.69. The van der Waals surface area contributed by atoms with Crippen LogP contribution in [-0.4, -0.2) is 53.0 Å². The van der Waals surface area contributed by atoms with Gasteiger partial charge in [-0.1, -0.05) is 36.8 Å². The van der Waals surface area contributed by atoms with Crippen molar-refractivity contribution in [1.82, 2.24) is 10.2 Å². The van der Waals surface area contributed by atoms with Crippen molar-refractivity contribution in [2.24, 2.45) is 5.92 Å². The fraction of sp³-hybridized carbons (Fsp3) is 0.667. The maximum Gasteiger partial charge on any atom is 0.0957 e. The van der Waals surface area contributed by atoms with Crippen molar-refractivity contribution in [2.75, 3.05) is 19.6 Å². The molecule has 0 spiro atoms. The lowest BCUT2D eigenvalue weighted by atomic mass is 9.98. The number of hydrogen-bond acceptors (Lipinski definition) is 4. The van der Waals surface area contributed by atoms with Crippen LogP contribution >= 0.6 is 0 Å². The molecule has 22 heavy (non-hydrogen) atoms. The molecular weight excluding hydrogens is 276 g/mol. The monoisotopic (exact) mass is 304 g/mol. The van der Waals surface area contributed by atoms with Gasteiger partial charge in [-0.25, -0.2) is 0 Å². The van der Waals surface area contributed by atoms with E-state index >= 15 is 0 Å². The van der Waals surface area contributed by atoms with Crippen LogP contribution in [0.4, 0.5) is 0 Å². The Morgan fingerprint density at radius 1 is 1.05 bits per heavy atom. The molecule has 1 aliphatic heterocycles. The van der Waals surface area contributed by atoms with Crippen LogP contribution in [0.2, 0.25) is 0 Å². The van der Waals surface area contributed by atoms with E-state index in [1.54, 1.807) is 0 Å². The van der Waals surface area contributed by atoms with E-state index in [0.29, 0.717) is 12.3 Å². The van der Waals surface area contributed by atoms with Crippen molar-refractivity contribution in [1.29, 1.82) is 0 Å². The van der Waals surface area contributed by atoms with E-state index in [2.05, 4.69) is 34.5 Å². The summed E-state index contributed by atoms with van der Waals surface area (Å²) >= 11 is 0. The summed E-state index contributed by atoms with van der Waals surface area (Å²) in [7, 11) is 0. The number of aliphatic hydroxyl groups is 2. The Labute approximate surface area is 133 Å². The number of piperidine rings is 1. The molecule has 1 saturated heterocycles. The maximum absolute atomic E-state index is 10.4. The molecule has 1 saturated carbocycles. The molecule has 1 aliphatic carbocycles. The largest absolute Gasteiger partial charge is 0.390 e. The summed E-state index contributed by atoms with van der Waals surface area (Å²) in [6.07, 6.45) is 3.24. The first-order chi connectivity index (χ1) is 10.8. The highest BCUT2D eigenvalue weighted by Gasteiger charge is 2.44. The fourth-order valence-electron chi connectivity index (χ4n) is 4.03. The van der Waals surface area contributed by atoms with Crippen molar-refractivity contribution in [2.45, 2.75) is 50.5 Å². The lowest BCUT2D eigenvalue weighted by molar-refractivity contribution is -0.0103. The summed E-state index contributed by atoms with van der Waals surface area (Å²) in [5.74, 6) is 0.326. The molecule has 1 heterocycles. The number of aliphatic hydroxyl groups excluding tert-OH is 2. The van der Waals surface area contributed by atoms with E-state index in [1.807, 2.05) is 6.07 Å². The highest BCUT2D eigenvalue weighted by atomic mass is 16.3. The van der Waals surface area contributed by atoms with Gasteiger partial charge in [-0.15, -0.1) is 0 Å². The summed E-state index contributed by atoms with van der Waals surface area (Å²) in [5, 5.41) is 24.0. The van der Waals surface area contributed by atoms with Crippen LogP contribution in [0.25, 0.3) is 0 Å². The van der Waals surface area contributed by atoms with Crippen molar-refractivity contribution in [3.63, 3.8) is 0 Å². The Morgan fingerprint density at radius 2 is 1.77 bits per heavy atom. The molecule has 3 rings (SSSR count). The number of nitrogens with one attached hydrogen (secondary N) is 1. The second-order valence-electron chi connectivity index (χ2n) is 6.76. The molecule has 4 atom stereocenters. The second-order valence-corrected chi connectivity index (χ2v) is 6.76. The van der Waals surface area contributed by atoms with Gasteiger partial charge in [0.25, 0.3) is 0 Å². The van der Waals surface area contributed by atoms with E-state index < -0.39 is 12.2 Å². The number of benzene rings is 1. The molecule has 0 bridgehead atoms. The Bertz CT molecular complexity index is 448. The standard InChI is InChI=1S/C18H28N2O2/c21-16-11-15(13-19-12-14-7-3-1-4-8-14)17(18(16)22)20-9-5-2-6-10-20/h1,3-4,7-8,15-19,21-22H,2,5-6,9-13H2/t15-,16-,17-,18-/m1/s1. The van der Waals surface area contributed by atoms with Gasteiger partial charge in [-0.3, -0.25) is 4.90 Å². The quantitative estimate of drug-likeness (QED) is 0.769. The SMILES string of the molecule is O[C@H]1[C@H](N2CCCCC2)[C@@H](CNCc2ccccc2)C[C@H]1O. The van der Waals surface area contributed by atoms with Crippen LogP contribution in [0.5, 0.6) is 0 Å². The van der Waals surface area contributed by atoms with E-state index in [0.717, 1.165) is 26.2 Å². The molecule has 3 N–H and O–H groups in total. The van der Waals surface area contributed by atoms with Crippen molar-refractivity contribution >= 4 is 0 Å². The predicted octanol–water partition coefficient (Wildman–Crippen LogP) is 1.37. The van der Waals surface area contributed by atoms with Crippen molar-refractivity contribution < 1.29 is 10.2 Å². The van der Waals surface area contributed by atoms with Gasteiger partial charge in [0.05, 0.1) is 12.2 Å². The number of nitrogens with zero attached hydrogens (tertiary/aromatic N) is 1. The van der Waals surface area contributed by atoms with Gasteiger partial charge in [0.2, 0.25) is 0 Å². The van der Waals surface area contributed by atoms with Crippen LogP contribution < -0.4 is 5.32 Å². The summed E-state index contributed by atoms with van der Waals surface area (Å²) in [6.45, 7) is 3.81. The molecule has 2 aliphatic rings. The Hall–Kier alpha value is -0.940. The van der Waals surface area contributed by atoms with Crippen LogP contribution in [0.3, 0.4) is 0 Å². The van der Waals surface area contributed by atoms with Crippen LogP contribution in [0.1, 0.15) is 31.2 Å². The fourth-order valence-corrected chi connectivity index (χ4v) is 4.03. The molecule has 1 aromatic carbocycles. The number of likely N-dealkylation sites (tertiary alicyclic amines) is 1. The zero-order valence-electron chi connectivity index (χ0n) is 13.2. The van der Waals surface area contributed by atoms with E-state index in [1.165, 1.54) is 24.8 Å². The van der Waals surface area contributed by atoms with Crippen molar-refractivity contribution in [3.05, 3.63) is 35.9 Å². The summed E-state index contributed by atoms with van der Waals surface area (Å²) < 4.78 is 0. The van der Waals surface area contributed by atoms with Gasteiger partial charge in [-0.2, -0.15) is 0 Å². The van der Waals surface area contributed by atoms with Gasteiger partial charge in [0, 0.05) is 12.6 Å². The third-order valence-corrected chi connectivity index (χ3v) is 5.16. The van der Waals surface area contributed by atoms with Crippen LogP contribution in [0.15, 0.2) is 30.3 Å². The van der Waals surface area contributed by atoms with Gasteiger partial charge >= 0.3 is 0 Å². The van der Waals surface area contributed by atoms with Gasteiger partial charge in [-0.05, 0) is 50.4 Å². The molecule has 0 radical (unpaired) electrons. The minimum absolute atomic E-state index is 0.110. The smallest absolute Gasteiger partial charge is 0.0957 e. The molecule has 4 heteroatoms. The van der Waals surface area contributed by atoms with Gasteiger partial charge in [0.1, 0.15) is 0 Å². The van der Waals surface area contributed by atoms with Crippen molar-refractivity contribution in [3.8, 4) is 0 Å². The lowest BCUT2D eigenvalue weighted by Gasteiger charge is -2.37. The zero-order chi connectivity index (χ0) is 15.4. The Morgan fingerprint density at radius 3 is 2.50 bits per heavy atom. The minimum atomic E-state index is -0.596. The Kier molecular flexibility index (Phi) is 5.47. The number of rotatable bonds is 5. The Balaban J connectivity index is 1.56. The average molecular weight is 304 g/mol. The van der Waals surface area contributed by atoms with Gasteiger partial charge < -0.3 is 15.5 Å². The minimum Gasteiger partial charge on any atom is -0.390 e. The molecule has 122 valence electrons. The number of hydrogen-bond donors (Lipinski definition) is 3. The summed E-state index contributed by atoms with van der Waals surface area (Å²) in [6, 6.07) is 10.5. The molecule has 0 unspecified atom stereocenters. The zero-order valence-corrected chi connectivity index (χ0v) is 13.2. The predicted molar refractivity (Wildman–Crippen MR) is 87.5 cm³/mol. The first kappa shape index (κ1) is 15.9. The lowest BCUT2D eigenvalue weighted by Crippen LogP contribution is -2.49. The highest BCUT2D eigenvalue weighted by molar-refractivity contribution is 5.14. The summed E-state index contributed by atoms with van der Waals surface area (Å²) in [4.78, 5) is 2.40. The van der Waals surface area contributed by atoms with E-state index in [4.69, 9.17) is 0 Å². The molecule has 4 nitrogen and oxygen atoms in total. The van der Waals surface area contributed by atoms with E-state index in [9.17, 15) is 10.2 Å². The van der Waals surface area contributed by atoms with E-state index in [-0.39, 0.29) is 6.04 Å². The first-order valence-electron chi connectivity index (χ1n) is 8.60. The highest BCUT2D eigenvalue weighted by Crippen LogP contribution is 2.32.